The molecule has 2 rings (SSSR count). The predicted octanol–water partition coefficient (Wildman–Crippen LogP) is 4.14. The van der Waals surface area contributed by atoms with Gasteiger partial charge < -0.3 is 4.98 Å². The van der Waals surface area contributed by atoms with E-state index in [9.17, 15) is 0 Å². The van der Waals surface area contributed by atoms with Gasteiger partial charge in [-0.1, -0.05) is 27.7 Å². The van der Waals surface area contributed by atoms with Gasteiger partial charge in [-0.3, -0.25) is 0 Å². The van der Waals surface area contributed by atoms with Gasteiger partial charge in [0.2, 0.25) is 0 Å². The van der Waals surface area contributed by atoms with Crippen molar-refractivity contribution in [1.82, 2.24) is 4.98 Å². The van der Waals surface area contributed by atoms with E-state index in [0.717, 1.165) is 0 Å². The van der Waals surface area contributed by atoms with Crippen LogP contribution in [0, 0.1) is 0 Å². The van der Waals surface area contributed by atoms with Crippen molar-refractivity contribution in [2.45, 2.75) is 65.2 Å². The van der Waals surface area contributed by atoms with E-state index in [-0.39, 0.29) is 0 Å². The molecule has 0 atom stereocenters. The molecule has 1 aliphatic carbocycles. The Morgan fingerprint density at radius 3 is 2.20 bits per heavy atom. The van der Waals surface area contributed by atoms with Crippen molar-refractivity contribution in [1.29, 1.82) is 0 Å². The second kappa shape index (κ2) is 4.03. The zero-order valence-corrected chi connectivity index (χ0v) is 10.5. The number of hydrogen-bond acceptors (Lipinski definition) is 0. The zero-order valence-electron chi connectivity index (χ0n) is 10.5. The summed E-state index contributed by atoms with van der Waals surface area (Å²) in [7, 11) is 0. The van der Waals surface area contributed by atoms with Crippen LogP contribution in [0.15, 0.2) is 0 Å². The Bertz CT molecular complexity index is 344. The quantitative estimate of drug-likeness (QED) is 0.747. The maximum absolute atomic E-state index is 3.68. The van der Waals surface area contributed by atoms with Gasteiger partial charge >= 0.3 is 0 Å². The molecule has 15 heavy (non-hydrogen) atoms. The third-order valence-electron chi connectivity index (χ3n) is 3.52. The Balaban J connectivity index is 2.51. The average Bonchev–Trinajstić information content (AvgIpc) is 2.56. The van der Waals surface area contributed by atoms with Crippen molar-refractivity contribution in [2.75, 3.05) is 0 Å². The van der Waals surface area contributed by atoms with Crippen LogP contribution >= 0.6 is 0 Å². The van der Waals surface area contributed by atoms with E-state index < -0.39 is 0 Å². The van der Waals surface area contributed by atoms with Crippen LogP contribution in [-0.4, -0.2) is 4.98 Å². The highest BCUT2D eigenvalue weighted by molar-refractivity contribution is 5.42. The molecule has 0 saturated carbocycles. The Kier molecular flexibility index (Phi) is 2.90. The minimum absolute atomic E-state index is 0.632. The number of rotatable bonds is 2. The van der Waals surface area contributed by atoms with Crippen molar-refractivity contribution in [3.05, 3.63) is 22.5 Å². The molecule has 1 heteroatoms. The summed E-state index contributed by atoms with van der Waals surface area (Å²) in [6.07, 6.45) is 5.30. The molecule has 1 heterocycles. The van der Waals surface area contributed by atoms with Crippen molar-refractivity contribution < 1.29 is 0 Å². The van der Waals surface area contributed by atoms with E-state index in [1.165, 1.54) is 37.1 Å². The first-order valence-electron chi connectivity index (χ1n) is 6.34. The molecule has 0 fully saturated rings. The van der Waals surface area contributed by atoms with Gasteiger partial charge in [-0.15, -0.1) is 0 Å². The minimum atomic E-state index is 0.632. The molecule has 1 aliphatic rings. The monoisotopic (exact) mass is 205 g/mol. The number of aryl methyl sites for hydroxylation is 1. The second-order valence-corrected chi connectivity index (χ2v) is 5.43. The summed E-state index contributed by atoms with van der Waals surface area (Å²) in [4.78, 5) is 3.68. The van der Waals surface area contributed by atoms with E-state index in [0.29, 0.717) is 11.8 Å². The van der Waals surface area contributed by atoms with Gasteiger partial charge in [-0.25, -0.2) is 0 Å². The lowest BCUT2D eigenvalue weighted by molar-refractivity contribution is 0.668. The number of H-pyrrole nitrogens is 1. The minimum Gasteiger partial charge on any atom is -0.362 e. The van der Waals surface area contributed by atoms with Crippen LogP contribution in [0.4, 0.5) is 0 Å². The van der Waals surface area contributed by atoms with Crippen LogP contribution in [0.25, 0.3) is 0 Å². The van der Waals surface area contributed by atoms with E-state index in [2.05, 4.69) is 32.7 Å². The van der Waals surface area contributed by atoms with E-state index in [1.54, 1.807) is 11.1 Å². The Labute approximate surface area is 93.3 Å². The fourth-order valence-electron chi connectivity index (χ4n) is 2.85. The van der Waals surface area contributed by atoms with Crippen LogP contribution in [-0.2, 0) is 12.8 Å². The predicted molar refractivity (Wildman–Crippen MR) is 65.6 cm³/mol. The molecule has 0 radical (unpaired) electrons. The first-order chi connectivity index (χ1) is 7.11. The third kappa shape index (κ3) is 1.84. The smallest absolute Gasteiger partial charge is 0.0213 e. The highest BCUT2D eigenvalue weighted by Crippen LogP contribution is 2.35. The molecule has 0 bridgehead atoms. The van der Waals surface area contributed by atoms with E-state index in [1.807, 2.05) is 0 Å². The van der Waals surface area contributed by atoms with Gasteiger partial charge in [0.05, 0.1) is 0 Å². The summed E-state index contributed by atoms with van der Waals surface area (Å²) in [6, 6.07) is 0. The highest BCUT2D eigenvalue weighted by Gasteiger charge is 2.22. The molecular weight excluding hydrogens is 182 g/mol. The molecule has 0 amide bonds. The number of aromatic amines is 1. The lowest BCUT2D eigenvalue weighted by atomic mass is 9.88. The van der Waals surface area contributed by atoms with Crippen LogP contribution in [0.5, 0.6) is 0 Å². The molecule has 1 nitrogen and oxygen atoms in total. The van der Waals surface area contributed by atoms with Gasteiger partial charge in [0.1, 0.15) is 0 Å². The van der Waals surface area contributed by atoms with Gasteiger partial charge in [0.25, 0.3) is 0 Å². The number of aromatic nitrogens is 1. The standard InChI is InChI=1S/C14H23N/c1-9(2)13-11-7-5-6-8-12(11)15-14(13)10(3)4/h9-10,15H,5-8H2,1-4H3. The number of nitrogens with one attached hydrogen (secondary N) is 1. The topological polar surface area (TPSA) is 15.8 Å². The fraction of sp³-hybridized carbons (Fsp3) is 0.714. The van der Waals surface area contributed by atoms with E-state index in [4.69, 9.17) is 0 Å². The SMILES string of the molecule is CC(C)c1[nH]c2c(c1C(C)C)CCCC2. The first-order valence-corrected chi connectivity index (χ1v) is 6.34. The van der Waals surface area contributed by atoms with Crippen molar-refractivity contribution >= 4 is 0 Å². The second-order valence-electron chi connectivity index (χ2n) is 5.43. The molecule has 0 aromatic carbocycles. The molecule has 0 aliphatic heterocycles. The first kappa shape index (κ1) is 10.8. The molecule has 1 aromatic rings. The lowest BCUT2D eigenvalue weighted by Crippen LogP contribution is -2.03. The molecule has 84 valence electrons. The Morgan fingerprint density at radius 2 is 1.60 bits per heavy atom. The summed E-state index contributed by atoms with van der Waals surface area (Å²) in [5.74, 6) is 1.30. The molecular formula is C14H23N. The molecule has 0 spiro atoms. The maximum Gasteiger partial charge on any atom is 0.0213 e. The van der Waals surface area contributed by atoms with Crippen molar-refractivity contribution in [3.8, 4) is 0 Å². The fourth-order valence-corrected chi connectivity index (χ4v) is 2.85. The number of hydrogen-bond donors (Lipinski definition) is 1. The van der Waals surface area contributed by atoms with Gasteiger partial charge in [0.15, 0.2) is 0 Å². The summed E-state index contributed by atoms with van der Waals surface area (Å²) < 4.78 is 0. The van der Waals surface area contributed by atoms with Crippen LogP contribution in [0.3, 0.4) is 0 Å². The van der Waals surface area contributed by atoms with Gasteiger partial charge in [-0.05, 0) is 48.6 Å². The summed E-state index contributed by atoms with van der Waals surface area (Å²) in [5, 5.41) is 0. The number of fused-ring (bicyclic) bond motifs is 1. The Morgan fingerprint density at radius 1 is 0.933 bits per heavy atom. The normalized spacial score (nSPS) is 16.1. The maximum atomic E-state index is 3.68. The largest absolute Gasteiger partial charge is 0.362 e. The zero-order chi connectivity index (χ0) is 11.0. The van der Waals surface area contributed by atoms with Gasteiger partial charge in [-0.2, -0.15) is 0 Å². The third-order valence-corrected chi connectivity index (χ3v) is 3.52. The van der Waals surface area contributed by atoms with Crippen molar-refractivity contribution in [2.24, 2.45) is 0 Å². The van der Waals surface area contributed by atoms with Crippen LogP contribution < -0.4 is 0 Å². The molecule has 1 N–H and O–H groups in total. The van der Waals surface area contributed by atoms with Gasteiger partial charge in [0, 0.05) is 11.4 Å². The van der Waals surface area contributed by atoms with Crippen molar-refractivity contribution in [3.63, 3.8) is 0 Å². The molecule has 1 aromatic heterocycles. The summed E-state index contributed by atoms with van der Waals surface area (Å²) in [5.41, 5.74) is 6.31. The average molecular weight is 205 g/mol. The van der Waals surface area contributed by atoms with Crippen LogP contribution in [0.1, 0.15) is 74.9 Å². The van der Waals surface area contributed by atoms with Crippen LogP contribution in [0.2, 0.25) is 0 Å². The Hall–Kier alpha value is -0.720. The highest BCUT2D eigenvalue weighted by atomic mass is 14.8. The lowest BCUT2D eigenvalue weighted by Gasteiger charge is -2.15. The molecule has 0 unspecified atom stereocenters. The summed E-state index contributed by atoms with van der Waals surface area (Å²) in [6.45, 7) is 9.24. The molecule has 0 saturated heterocycles. The van der Waals surface area contributed by atoms with E-state index >= 15 is 0 Å². The summed E-state index contributed by atoms with van der Waals surface area (Å²) >= 11 is 0.